The molecule has 0 aliphatic rings. The molecular formula is C16H16ClFN2O. The average molecular weight is 307 g/mol. The van der Waals surface area contributed by atoms with Crippen molar-refractivity contribution in [3.63, 3.8) is 0 Å². The number of nitrogens with two attached hydrogens (primary N) is 1. The van der Waals surface area contributed by atoms with E-state index in [1.165, 1.54) is 0 Å². The van der Waals surface area contributed by atoms with Crippen LogP contribution in [0.15, 0.2) is 30.3 Å². The van der Waals surface area contributed by atoms with Crippen molar-refractivity contribution in [2.75, 3.05) is 5.73 Å². The number of rotatable bonds is 3. The van der Waals surface area contributed by atoms with Crippen LogP contribution in [0.4, 0.5) is 10.1 Å². The van der Waals surface area contributed by atoms with Crippen molar-refractivity contribution < 1.29 is 9.18 Å². The number of nitrogen functional groups attached to an aromatic ring is 1. The number of benzene rings is 2. The second kappa shape index (κ2) is 6.14. The minimum absolute atomic E-state index is 0.222. The van der Waals surface area contributed by atoms with Gasteiger partial charge in [-0.15, -0.1) is 0 Å². The maximum Gasteiger partial charge on any atom is 0.255 e. The highest BCUT2D eigenvalue weighted by molar-refractivity contribution is 6.34. The highest BCUT2D eigenvalue weighted by Crippen LogP contribution is 2.22. The Balaban J connectivity index is 2.15. The number of amides is 1. The van der Waals surface area contributed by atoms with E-state index in [9.17, 15) is 9.18 Å². The fraction of sp³-hybridized carbons (Fsp3) is 0.188. The smallest absolute Gasteiger partial charge is 0.255 e. The van der Waals surface area contributed by atoms with Gasteiger partial charge in [-0.3, -0.25) is 4.79 Å². The van der Waals surface area contributed by atoms with E-state index in [-0.39, 0.29) is 23.8 Å². The predicted octanol–water partition coefficient (Wildman–Crippen LogP) is 3.61. The summed E-state index contributed by atoms with van der Waals surface area (Å²) in [7, 11) is 0. The summed E-state index contributed by atoms with van der Waals surface area (Å²) in [6.45, 7) is 3.67. The zero-order valence-corrected chi connectivity index (χ0v) is 12.6. The Morgan fingerprint density at radius 2 is 1.90 bits per heavy atom. The molecule has 0 aliphatic heterocycles. The molecule has 0 unspecified atom stereocenters. The van der Waals surface area contributed by atoms with Gasteiger partial charge in [0.15, 0.2) is 0 Å². The Kier molecular flexibility index (Phi) is 4.48. The van der Waals surface area contributed by atoms with E-state index >= 15 is 0 Å². The van der Waals surface area contributed by atoms with Gasteiger partial charge in [0, 0.05) is 12.2 Å². The number of hydrogen-bond donors (Lipinski definition) is 2. The largest absolute Gasteiger partial charge is 0.398 e. The van der Waals surface area contributed by atoms with Crippen LogP contribution in [0.2, 0.25) is 5.02 Å². The fourth-order valence-electron chi connectivity index (χ4n) is 2.19. The van der Waals surface area contributed by atoms with Crippen molar-refractivity contribution in [1.29, 1.82) is 0 Å². The van der Waals surface area contributed by atoms with Crippen molar-refractivity contribution in [1.82, 2.24) is 5.32 Å². The van der Waals surface area contributed by atoms with E-state index in [1.807, 2.05) is 0 Å². The standard InChI is InChI=1S/C16H16ClFN2O/c1-9-6-11(7-10(2)15(9)18)8-20-16(21)14-12(17)4-3-5-13(14)19/h3-7H,8,19H2,1-2H3,(H,20,21). The van der Waals surface area contributed by atoms with Crippen molar-refractivity contribution in [3.05, 3.63) is 63.4 Å². The molecule has 0 aliphatic carbocycles. The van der Waals surface area contributed by atoms with Crippen LogP contribution in [-0.2, 0) is 6.54 Å². The third kappa shape index (κ3) is 3.34. The molecule has 0 heterocycles. The summed E-state index contributed by atoms with van der Waals surface area (Å²) < 4.78 is 13.6. The van der Waals surface area contributed by atoms with Crippen molar-refractivity contribution in [2.45, 2.75) is 20.4 Å². The number of hydrogen-bond acceptors (Lipinski definition) is 2. The molecule has 5 heteroatoms. The predicted molar refractivity (Wildman–Crippen MR) is 82.9 cm³/mol. The summed E-state index contributed by atoms with van der Waals surface area (Å²) in [5.74, 6) is -0.571. The van der Waals surface area contributed by atoms with Crippen LogP contribution in [0.1, 0.15) is 27.0 Å². The van der Waals surface area contributed by atoms with Crippen molar-refractivity contribution in [2.24, 2.45) is 0 Å². The van der Waals surface area contributed by atoms with Gasteiger partial charge < -0.3 is 11.1 Å². The molecule has 1 amide bonds. The van der Waals surface area contributed by atoms with Gasteiger partial charge in [0.25, 0.3) is 5.91 Å². The molecule has 0 spiro atoms. The molecule has 3 nitrogen and oxygen atoms in total. The van der Waals surface area contributed by atoms with Gasteiger partial charge in [-0.05, 0) is 42.7 Å². The molecule has 0 saturated carbocycles. The lowest BCUT2D eigenvalue weighted by Crippen LogP contribution is -2.24. The molecule has 0 atom stereocenters. The van der Waals surface area contributed by atoms with Gasteiger partial charge in [0.2, 0.25) is 0 Å². The second-order valence-corrected chi connectivity index (χ2v) is 5.34. The first kappa shape index (κ1) is 15.3. The molecule has 2 rings (SSSR count). The molecule has 0 saturated heterocycles. The Bertz CT molecular complexity index is 657. The highest BCUT2D eigenvalue weighted by Gasteiger charge is 2.13. The van der Waals surface area contributed by atoms with Crippen LogP contribution in [0, 0.1) is 19.7 Å². The van der Waals surface area contributed by atoms with Gasteiger partial charge in [-0.1, -0.05) is 29.8 Å². The lowest BCUT2D eigenvalue weighted by molar-refractivity contribution is 0.0952. The van der Waals surface area contributed by atoms with Crippen LogP contribution < -0.4 is 11.1 Å². The van der Waals surface area contributed by atoms with E-state index in [4.69, 9.17) is 17.3 Å². The van der Waals surface area contributed by atoms with Gasteiger partial charge in [0.05, 0.1) is 10.6 Å². The molecule has 2 aromatic rings. The molecule has 2 aromatic carbocycles. The molecule has 0 radical (unpaired) electrons. The maximum atomic E-state index is 13.6. The first-order valence-electron chi connectivity index (χ1n) is 6.48. The lowest BCUT2D eigenvalue weighted by atomic mass is 10.1. The van der Waals surface area contributed by atoms with Crippen LogP contribution in [0.3, 0.4) is 0 Å². The average Bonchev–Trinajstić information content (AvgIpc) is 2.42. The maximum absolute atomic E-state index is 13.6. The number of halogens is 2. The van der Waals surface area contributed by atoms with Gasteiger partial charge in [-0.2, -0.15) is 0 Å². The molecule has 21 heavy (non-hydrogen) atoms. The summed E-state index contributed by atoms with van der Waals surface area (Å²) in [6.07, 6.45) is 0. The third-order valence-corrected chi connectivity index (χ3v) is 3.54. The molecule has 0 fully saturated rings. The van der Waals surface area contributed by atoms with Gasteiger partial charge in [-0.25, -0.2) is 4.39 Å². The summed E-state index contributed by atoms with van der Waals surface area (Å²) in [5.41, 5.74) is 8.28. The quantitative estimate of drug-likeness (QED) is 0.851. The normalized spacial score (nSPS) is 10.5. The number of aryl methyl sites for hydroxylation is 2. The monoisotopic (exact) mass is 306 g/mol. The fourth-order valence-corrected chi connectivity index (χ4v) is 2.46. The van der Waals surface area contributed by atoms with E-state index in [2.05, 4.69) is 5.32 Å². The zero-order chi connectivity index (χ0) is 15.6. The Morgan fingerprint density at radius 3 is 2.48 bits per heavy atom. The first-order valence-corrected chi connectivity index (χ1v) is 6.85. The van der Waals surface area contributed by atoms with Crippen LogP contribution in [-0.4, -0.2) is 5.91 Å². The SMILES string of the molecule is Cc1cc(CNC(=O)c2c(N)cccc2Cl)cc(C)c1F. The molecule has 0 bridgehead atoms. The summed E-state index contributed by atoms with van der Waals surface area (Å²) in [4.78, 5) is 12.1. The van der Waals surface area contributed by atoms with Crippen LogP contribution in [0.25, 0.3) is 0 Å². The third-order valence-electron chi connectivity index (χ3n) is 3.22. The van der Waals surface area contributed by atoms with E-state index in [1.54, 1.807) is 44.2 Å². The highest BCUT2D eigenvalue weighted by atomic mass is 35.5. The number of carbonyl (C=O) groups excluding carboxylic acids is 1. The Labute approximate surface area is 127 Å². The lowest BCUT2D eigenvalue weighted by Gasteiger charge is -2.11. The molecule has 3 N–H and O–H groups in total. The number of nitrogens with one attached hydrogen (secondary N) is 1. The number of carbonyl (C=O) groups is 1. The van der Waals surface area contributed by atoms with Crippen molar-refractivity contribution >= 4 is 23.2 Å². The summed E-state index contributed by atoms with van der Waals surface area (Å²) in [6, 6.07) is 8.32. The van der Waals surface area contributed by atoms with Gasteiger partial charge >= 0.3 is 0 Å². The van der Waals surface area contributed by atoms with Crippen LogP contribution >= 0.6 is 11.6 Å². The Morgan fingerprint density at radius 1 is 1.29 bits per heavy atom. The summed E-state index contributed by atoms with van der Waals surface area (Å²) in [5, 5.41) is 3.05. The van der Waals surface area contributed by atoms with E-state index in [0.717, 1.165) is 5.56 Å². The molecular weight excluding hydrogens is 291 g/mol. The second-order valence-electron chi connectivity index (χ2n) is 4.93. The zero-order valence-electron chi connectivity index (χ0n) is 11.8. The minimum atomic E-state index is -0.349. The van der Waals surface area contributed by atoms with Crippen molar-refractivity contribution in [3.8, 4) is 0 Å². The molecule has 110 valence electrons. The van der Waals surface area contributed by atoms with E-state index < -0.39 is 0 Å². The minimum Gasteiger partial charge on any atom is -0.398 e. The Hall–Kier alpha value is -2.07. The topological polar surface area (TPSA) is 55.1 Å². The van der Waals surface area contributed by atoms with Crippen LogP contribution in [0.5, 0.6) is 0 Å². The van der Waals surface area contributed by atoms with E-state index in [0.29, 0.717) is 21.8 Å². The summed E-state index contributed by atoms with van der Waals surface area (Å²) >= 11 is 5.99. The number of anilines is 1. The first-order chi connectivity index (χ1) is 9.90. The van der Waals surface area contributed by atoms with Gasteiger partial charge in [0.1, 0.15) is 5.82 Å². The molecule has 0 aromatic heterocycles.